The quantitative estimate of drug-likeness (QED) is 0.484. The largest absolute Gasteiger partial charge is 0.334 e. The highest BCUT2D eigenvalue weighted by Gasteiger charge is 2.17. The number of ketones is 1. The van der Waals surface area contributed by atoms with Gasteiger partial charge in [0.25, 0.3) is 0 Å². The molecule has 0 saturated heterocycles. The summed E-state index contributed by atoms with van der Waals surface area (Å²) in [5.41, 5.74) is 1.85. The number of hydrogen-bond acceptors (Lipinski definition) is 4. The Balaban J connectivity index is 2.34. The second-order valence-corrected chi connectivity index (χ2v) is 5.73. The third kappa shape index (κ3) is 3.37. The number of nitrogens with zero attached hydrogens (tertiary/aromatic N) is 1. The number of aromatic amines is 2. The summed E-state index contributed by atoms with van der Waals surface area (Å²) in [6, 6.07) is 3.69. The number of pyridine rings is 1. The molecule has 106 valence electrons. The molecule has 0 amide bonds. The van der Waals surface area contributed by atoms with Crippen molar-refractivity contribution in [2.24, 2.45) is 0 Å². The number of unbranched alkanes of at least 4 members (excludes halogenated alkanes) is 1. The van der Waals surface area contributed by atoms with E-state index in [0.717, 1.165) is 29.9 Å². The first-order valence-corrected chi connectivity index (χ1v) is 8.15. The van der Waals surface area contributed by atoms with Gasteiger partial charge in [-0.15, -0.1) is 11.8 Å². The number of hydrogen-bond donors (Lipinski definition) is 2. The summed E-state index contributed by atoms with van der Waals surface area (Å²) in [7, 11) is 0. The zero-order valence-corrected chi connectivity index (χ0v) is 13.2. The Kier molecular flexibility index (Phi) is 5.14. The molecule has 0 aliphatic rings. The SMILES string of the molecule is CCCCc1[nH]c(=S)[nH]c1C(=O)c1cc(SC)ccn1. The van der Waals surface area contributed by atoms with Crippen molar-refractivity contribution >= 4 is 29.8 Å². The Bertz CT molecular complexity index is 660. The first-order valence-electron chi connectivity index (χ1n) is 6.51. The minimum atomic E-state index is -0.112. The van der Waals surface area contributed by atoms with E-state index in [0.29, 0.717) is 16.2 Å². The minimum absolute atomic E-state index is 0.112. The van der Waals surface area contributed by atoms with Gasteiger partial charge in [0.05, 0.1) is 0 Å². The third-order valence-corrected chi connectivity index (χ3v) is 3.94. The number of aromatic nitrogens is 3. The summed E-state index contributed by atoms with van der Waals surface area (Å²) in [6.45, 7) is 2.12. The maximum absolute atomic E-state index is 12.5. The van der Waals surface area contributed by atoms with Crippen LogP contribution in [0.5, 0.6) is 0 Å². The third-order valence-electron chi connectivity index (χ3n) is 3.01. The molecule has 0 fully saturated rings. The van der Waals surface area contributed by atoms with E-state index in [4.69, 9.17) is 12.2 Å². The lowest BCUT2D eigenvalue weighted by Crippen LogP contribution is -2.07. The Morgan fingerprint density at radius 1 is 1.45 bits per heavy atom. The van der Waals surface area contributed by atoms with Crippen LogP contribution >= 0.6 is 24.0 Å². The van der Waals surface area contributed by atoms with E-state index in [1.54, 1.807) is 24.0 Å². The lowest BCUT2D eigenvalue weighted by molar-refractivity contribution is 0.102. The standard InChI is InChI=1S/C14H17N3OS2/c1-3-4-5-10-12(17-14(19)16-10)13(18)11-8-9(20-2)6-7-15-11/h6-8H,3-5H2,1-2H3,(H2,16,17,19). The van der Waals surface area contributed by atoms with E-state index >= 15 is 0 Å². The maximum atomic E-state index is 12.5. The second kappa shape index (κ2) is 6.85. The van der Waals surface area contributed by atoms with Crippen molar-refractivity contribution in [3.05, 3.63) is 40.2 Å². The smallest absolute Gasteiger partial charge is 0.229 e. The Hall–Kier alpha value is -1.40. The lowest BCUT2D eigenvalue weighted by atomic mass is 10.1. The molecular weight excluding hydrogens is 290 g/mol. The number of H-pyrrole nitrogens is 2. The van der Waals surface area contributed by atoms with E-state index in [1.807, 2.05) is 12.3 Å². The van der Waals surface area contributed by atoms with Crippen molar-refractivity contribution in [3.8, 4) is 0 Å². The van der Waals surface area contributed by atoms with E-state index in [2.05, 4.69) is 21.9 Å². The van der Waals surface area contributed by atoms with Gasteiger partial charge >= 0.3 is 0 Å². The molecular formula is C14H17N3OS2. The number of carbonyl (C=O) groups excluding carboxylic acids is 1. The molecule has 0 aromatic carbocycles. The number of carbonyl (C=O) groups is 1. The molecule has 0 atom stereocenters. The molecule has 0 bridgehead atoms. The molecule has 2 aromatic heterocycles. The van der Waals surface area contributed by atoms with Crippen LogP contribution in [0.15, 0.2) is 23.2 Å². The van der Waals surface area contributed by atoms with Gasteiger partial charge in [-0.05, 0) is 43.4 Å². The van der Waals surface area contributed by atoms with Crippen molar-refractivity contribution in [1.82, 2.24) is 15.0 Å². The highest BCUT2D eigenvalue weighted by atomic mass is 32.2. The zero-order valence-electron chi connectivity index (χ0n) is 11.5. The van der Waals surface area contributed by atoms with Gasteiger partial charge in [0.1, 0.15) is 11.4 Å². The topological polar surface area (TPSA) is 61.5 Å². The number of thioether (sulfide) groups is 1. The predicted octanol–water partition coefficient (Wildman–Crippen LogP) is 3.76. The van der Waals surface area contributed by atoms with Crippen LogP contribution < -0.4 is 0 Å². The van der Waals surface area contributed by atoms with Gasteiger partial charge in [0.2, 0.25) is 5.78 Å². The van der Waals surface area contributed by atoms with E-state index in [9.17, 15) is 4.79 Å². The van der Waals surface area contributed by atoms with Crippen LogP contribution in [-0.4, -0.2) is 27.0 Å². The molecule has 6 heteroatoms. The predicted molar refractivity (Wildman–Crippen MR) is 84.0 cm³/mol. The van der Waals surface area contributed by atoms with E-state index in [-0.39, 0.29) is 5.78 Å². The summed E-state index contributed by atoms with van der Waals surface area (Å²) < 4.78 is 0.487. The fourth-order valence-electron chi connectivity index (χ4n) is 1.95. The summed E-state index contributed by atoms with van der Waals surface area (Å²) in [4.78, 5) is 23.7. The van der Waals surface area contributed by atoms with Crippen molar-refractivity contribution < 1.29 is 4.79 Å². The van der Waals surface area contributed by atoms with Crippen LogP contribution in [0, 0.1) is 4.77 Å². The van der Waals surface area contributed by atoms with Gasteiger partial charge in [0.15, 0.2) is 4.77 Å². The highest BCUT2D eigenvalue weighted by molar-refractivity contribution is 7.98. The average molecular weight is 307 g/mol. The Morgan fingerprint density at radius 3 is 2.95 bits per heavy atom. The fourth-order valence-corrected chi connectivity index (χ4v) is 2.60. The minimum Gasteiger partial charge on any atom is -0.334 e. The molecule has 20 heavy (non-hydrogen) atoms. The van der Waals surface area contributed by atoms with Gasteiger partial charge < -0.3 is 9.97 Å². The fraction of sp³-hybridized carbons (Fsp3) is 0.357. The summed E-state index contributed by atoms with van der Waals surface area (Å²) >= 11 is 6.69. The van der Waals surface area contributed by atoms with Gasteiger partial charge in [-0.25, -0.2) is 0 Å². The van der Waals surface area contributed by atoms with Crippen molar-refractivity contribution in [2.75, 3.05) is 6.26 Å². The number of rotatable bonds is 6. The second-order valence-electron chi connectivity index (χ2n) is 4.45. The van der Waals surface area contributed by atoms with Crippen LogP contribution in [0.3, 0.4) is 0 Å². The van der Waals surface area contributed by atoms with Gasteiger partial charge in [-0.3, -0.25) is 9.78 Å². The van der Waals surface area contributed by atoms with Crippen LogP contribution in [0.1, 0.15) is 41.6 Å². The number of aryl methyl sites for hydroxylation is 1. The van der Waals surface area contributed by atoms with Crippen LogP contribution in [0.4, 0.5) is 0 Å². The number of imidazole rings is 1. The number of nitrogens with one attached hydrogen (secondary N) is 2. The lowest BCUT2D eigenvalue weighted by Gasteiger charge is -2.03. The van der Waals surface area contributed by atoms with Crippen LogP contribution in [0.25, 0.3) is 0 Å². The van der Waals surface area contributed by atoms with Gasteiger partial charge in [-0.2, -0.15) is 0 Å². The zero-order chi connectivity index (χ0) is 14.5. The monoisotopic (exact) mass is 307 g/mol. The van der Waals surface area contributed by atoms with Crippen molar-refractivity contribution in [1.29, 1.82) is 0 Å². The summed E-state index contributed by atoms with van der Waals surface area (Å²) in [5.74, 6) is -0.112. The Labute approximate surface area is 127 Å². The van der Waals surface area contributed by atoms with Crippen molar-refractivity contribution in [3.63, 3.8) is 0 Å². The summed E-state index contributed by atoms with van der Waals surface area (Å²) in [5, 5.41) is 0. The molecule has 2 N–H and O–H groups in total. The van der Waals surface area contributed by atoms with Gasteiger partial charge in [-0.1, -0.05) is 13.3 Å². The highest BCUT2D eigenvalue weighted by Crippen LogP contribution is 2.18. The molecule has 4 nitrogen and oxygen atoms in total. The molecule has 0 spiro atoms. The molecule has 2 heterocycles. The van der Waals surface area contributed by atoms with Crippen LogP contribution in [-0.2, 0) is 6.42 Å². The first-order chi connectivity index (χ1) is 9.65. The molecule has 0 saturated carbocycles. The summed E-state index contributed by atoms with van der Waals surface area (Å²) in [6.07, 6.45) is 6.53. The molecule has 0 unspecified atom stereocenters. The normalized spacial score (nSPS) is 10.7. The Morgan fingerprint density at radius 2 is 2.25 bits per heavy atom. The first kappa shape index (κ1) is 15.0. The maximum Gasteiger partial charge on any atom is 0.229 e. The average Bonchev–Trinajstić information content (AvgIpc) is 2.85. The van der Waals surface area contributed by atoms with Crippen molar-refractivity contribution in [2.45, 2.75) is 31.1 Å². The molecule has 0 radical (unpaired) electrons. The molecule has 2 aromatic rings. The van der Waals surface area contributed by atoms with Crippen LogP contribution in [0.2, 0.25) is 0 Å². The molecule has 0 aliphatic heterocycles. The van der Waals surface area contributed by atoms with E-state index < -0.39 is 0 Å². The molecule has 0 aliphatic carbocycles. The van der Waals surface area contributed by atoms with E-state index in [1.165, 1.54) is 0 Å². The van der Waals surface area contributed by atoms with Gasteiger partial charge in [0, 0.05) is 16.8 Å². The molecule has 2 rings (SSSR count).